The highest BCUT2D eigenvalue weighted by Crippen LogP contribution is 2.17. The maximum absolute atomic E-state index is 13.5. The Bertz CT molecular complexity index is 1050. The Balaban J connectivity index is 1.89. The molecule has 5 nitrogen and oxygen atoms in total. The highest BCUT2D eigenvalue weighted by atomic mass is 16.5. The Kier molecular flexibility index (Phi) is 9.27. The predicted molar refractivity (Wildman–Crippen MR) is 135 cm³/mol. The Morgan fingerprint density at radius 3 is 2.18 bits per heavy atom. The van der Waals surface area contributed by atoms with Crippen LogP contribution in [0.3, 0.4) is 0 Å². The van der Waals surface area contributed by atoms with Crippen LogP contribution < -0.4 is 10.1 Å². The highest BCUT2D eigenvalue weighted by molar-refractivity contribution is 5.88. The summed E-state index contributed by atoms with van der Waals surface area (Å²) >= 11 is 0. The number of hydrogen-bond acceptors (Lipinski definition) is 3. The molecular weight excluding hydrogens is 424 g/mol. The third-order valence-corrected chi connectivity index (χ3v) is 5.82. The first-order valence-electron chi connectivity index (χ1n) is 11.8. The van der Waals surface area contributed by atoms with Gasteiger partial charge in [0.05, 0.1) is 0 Å². The summed E-state index contributed by atoms with van der Waals surface area (Å²) < 4.78 is 5.83. The lowest BCUT2D eigenvalue weighted by Crippen LogP contribution is -2.53. The summed E-state index contributed by atoms with van der Waals surface area (Å²) in [7, 11) is 0. The second-order valence-electron chi connectivity index (χ2n) is 8.64. The second kappa shape index (κ2) is 12.6. The first-order valence-corrected chi connectivity index (χ1v) is 11.8. The summed E-state index contributed by atoms with van der Waals surface area (Å²) in [6.07, 6.45) is 1.24. The zero-order valence-electron chi connectivity index (χ0n) is 20.2. The molecule has 0 heterocycles. The van der Waals surface area contributed by atoms with Crippen LogP contribution in [0.4, 0.5) is 0 Å². The number of hydrogen-bond donors (Lipinski definition) is 1. The van der Waals surface area contributed by atoms with Gasteiger partial charge in [0.15, 0.2) is 6.61 Å². The van der Waals surface area contributed by atoms with E-state index in [-0.39, 0.29) is 24.5 Å². The van der Waals surface area contributed by atoms with Crippen molar-refractivity contribution in [1.82, 2.24) is 10.2 Å². The third kappa shape index (κ3) is 7.48. The minimum atomic E-state index is -0.662. The summed E-state index contributed by atoms with van der Waals surface area (Å²) in [5.74, 6) is 0.250. The topological polar surface area (TPSA) is 58.6 Å². The lowest BCUT2D eigenvalue weighted by molar-refractivity contribution is -0.143. The molecule has 0 fully saturated rings. The molecule has 0 aliphatic rings. The molecule has 178 valence electrons. The molecule has 1 N–H and O–H groups in total. The molecule has 5 heteroatoms. The van der Waals surface area contributed by atoms with Crippen molar-refractivity contribution in [3.05, 3.63) is 102 Å². The molecule has 2 atom stereocenters. The summed E-state index contributed by atoms with van der Waals surface area (Å²) in [6.45, 7) is 6.16. The first kappa shape index (κ1) is 25.0. The van der Waals surface area contributed by atoms with Crippen molar-refractivity contribution in [3.8, 4) is 5.75 Å². The fourth-order valence-corrected chi connectivity index (χ4v) is 3.71. The zero-order valence-corrected chi connectivity index (χ0v) is 20.2. The van der Waals surface area contributed by atoms with Crippen LogP contribution in [-0.4, -0.2) is 35.4 Å². The fourth-order valence-electron chi connectivity index (χ4n) is 3.71. The molecule has 3 aromatic carbocycles. The molecule has 2 amide bonds. The van der Waals surface area contributed by atoms with Crippen LogP contribution in [0.2, 0.25) is 0 Å². The van der Waals surface area contributed by atoms with E-state index >= 15 is 0 Å². The molecule has 0 aliphatic heterocycles. The van der Waals surface area contributed by atoms with Crippen LogP contribution in [0.15, 0.2) is 84.9 Å². The van der Waals surface area contributed by atoms with Crippen molar-refractivity contribution in [2.75, 3.05) is 6.61 Å². The van der Waals surface area contributed by atoms with Gasteiger partial charge in [0.1, 0.15) is 11.8 Å². The standard InChI is InChI=1S/C29H34N2O3/c1-4-23(3)30-29(33)27(19-24-13-7-5-8-14-24)31(20-25-15-9-6-10-16-25)28(32)21-34-26-17-11-12-22(2)18-26/h5-18,23,27H,4,19-21H2,1-3H3,(H,30,33)/t23-,27+/m0/s1. The van der Waals surface area contributed by atoms with Crippen LogP contribution in [0.5, 0.6) is 5.75 Å². The van der Waals surface area contributed by atoms with E-state index in [1.807, 2.05) is 106 Å². The minimum Gasteiger partial charge on any atom is -0.484 e. The molecule has 0 aliphatic carbocycles. The molecule has 34 heavy (non-hydrogen) atoms. The molecular formula is C29H34N2O3. The van der Waals surface area contributed by atoms with Gasteiger partial charge in [-0.25, -0.2) is 0 Å². The number of benzene rings is 3. The number of rotatable bonds is 11. The van der Waals surface area contributed by atoms with Crippen molar-refractivity contribution < 1.29 is 14.3 Å². The van der Waals surface area contributed by atoms with E-state index in [4.69, 9.17) is 4.74 Å². The van der Waals surface area contributed by atoms with Crippen molar-refractivity contribution in [2.24, 2.45) is 0 Å². The summed E-state index contributed by atoms with van der Waals surface area (Å²) in [5.41, 5.74) is 3.01. The van der Waals surface area contributed by atoms with E-state index in [0.29, 0.717) is 18.7 Å². The lowest BCUT2D eigenvalue weighted by Gasteiger charge is -2.32. The van der Waals surface area contributed by atoms with Gasteiger partial charge >= 0.3 is 0 Å². The summed E-state index contributed by atoms with van der Waals surface area (Å²) in [6, 6.07) is 26.5. The average Bonchev–Trinajstić information content (AvgIpc) is 2.85. The maximum Gasteiger partial charge on any atom is 0.261 e. The normalized spacial score (nSPS) is 12.4. The molecule has 0 spiro atoms. The monoisotopic (exact) mass is 458 g/mol. The van der Waals surface area contributed by atoms with Crippen LogP contribution >= 0.6 is 0 Å². The molecule has 3 rings (SSSR count). The number of nitrogens with one attached hydrogen (secondary N) is 1. The number of aryl methyl sites for hydroxylation is 1. The molecule has 0 saturated heterocycles. The van der Waals surface area contributed by atoms with Crippen LogP contribution in [0.25, 0.3) is 0 Å². The van der Waals surface area contributed by atoms with E-state index in [1.54, 1.807) is 4.90 Å². The number of ether oxygens (including phenoxy) is 1. The highest BCUT2D eigenvalue weighted by Gasteiger charge is 2.31. The first-order chi connectivity index (χ1) is 16.5. The number of carbonyl (C=O) groups is 2. The molecule has 0 radical (unpaired) electrons. The van der Waals surface area contributed by atoms with Gasteiger partial charge in [0.2, 0.25) is 5.91 Å². The van der Waals surface area contributed by atoms with Crippen molar-refractivity contribution in [3.63, 3.8) is 0 Å². The van der Waals surface area contributed by atoms with Gasteiger partial charge in [-0.3, -0.25) is 9.59 Å². The average molecular weight is 459 g/mol. The van der Waals surface area contributed by atoms with Crippen LogP contribution in [-0.2, 0) is 22.6 Å². The number of amides is 2. The van der Waals surface area contributed by atoms with Gasteiger partial charge < -0.3 is 15.0 Å². The van der Waals surface area contributed by atoms with Crippen LogP contribution in [0, 0.1) is 6.92 Å². The maximum atomic E-state index is 13.5. The van der Waals surface area contributed by atoms with E-state index in [1.165, 1.54) is 0 Å². The van der Waals surface area contributed by atoms with Gasteiger partial charge in [0, 0.05) is 19.0 Å². The lowest BCUT2D eigenvalue weighted by atomic mass is 10.0. The van der Waals surface area contributed by atoms with Gasteiger partial charge in [-0.15, -0.1) is 0 Å². The Labute approximate surface area is 202 Å². The van der Waals surface area contributed by atoms with E-state index in [0.717, 1.165) is 23.1 Å². The van der Waals surface area contributed by atoms with Crippen molar-refractivity contribution in [2.45, 2.75) is 52.2 Å². The summed E-state index contributed by atoms with van der Waals surface area (Å²) in [5, 5.41) is 3.08. The molecule has 0 aromatic heterocycles. The zero-order chi connectivity index (χ0) is 24.3. The quantitative estimate of drug-likeness (QED) is 0.443. The van der Waals surface area contributed by atoms with Gasteiger partial charge in [-0.2, -0.15) is 0 Å². The van der Waals surface area contributed by atoms with Gasteiger partial charge in [-0.1, -0.05) is 79.7 Å². The molecule has 3 aromatic rings. The predicted octanol–water partition coefficient (Wildman–Crippen LogP) is 4.93. The molecule has 0 unspecified atom stereocenters. The van der Waals surface area contributed by atoms with Gasteiger partial charge in [-0.05, 0) is 49.1 Å². The Morgan fingerprint density at radius 1 is 0.912 bits per heavy atom. The second-order valence-corrected chi connectivity index (χ2v) is 8.64. The van der Waals surface area contributed by atoms with Gasteiger partial charge in [0.25, 0.3) is 5.91 Å². The SMILES string of the molecule is CC[C@H](C)NC(=O)[C@@H](Cc1ccccc1)N(Cc1ccccc1)C(=O)COc1cccc(C)c1. The van der Waals surface area contributed by atoms with Crippen LogP contribution in [0.1, 0.15) is 37.0 Å². The largest absolute Gasteiger partial charge is 0.484 e. The van der Waals surface area contributed by atoms with Crippen molar-refractivity contribution in [1.29, 1.82) is 0 Å². The fraction of sp³-hybridized carbons (Fsp3) is 0.310. The third-order valence-electron chi connectivity index (χ3n) is 5.82. The Morgan fingerprint density at radius 2 is 1.56 bits per heavy atom. The van der Waals surface area contributed by atoms with E-state index in [2.05, 4.69) is 5.32 Å². The number of nitrogens with zero attached hydrogens (tertiary/aromatic N) is 1. The van der Waals surface area contributed by atoms with E-state index in [9.17, 15) is 9.59 Å². The number of carbonyl (C=O) groups excluding carboxylic acids is 2. The van der Waals surface area contributed by atoms with E-state index < -0.39 is 6.04 Å². The molecule has 0 saturated carbocycles. The molecule has 0 bridgehead atoms. The Hall–Kier alpha value is -3.60. The minimum absolute atomic E-state index is 0.0167. The smallest absolute Gasteiger partial charge is 0.261 e. The van der Waals surface area contributed by atoms with Crippen molar-refractivity contribution >= 4 is 11.8 Å². The summed E-state index contributed by atoms with van der Waals surface area (Å²) in [4.78, 5) is 28.6.